The number of allylic oxidation sites excluding steroid dienone is 3. The lowest BCUT2D eigenvalue weighted by molar-refractivity contribution is -0.341. The van der Waals surface area contributed by atoms with E-state index in [9.17, 15) is 54.6 Å². The number of cyclic esters (lactones) is 1. The average Bonchev–Trinajstić information content (AvgIpc) is 3.31. The van der Waals surface area contributed by atoms with Crippen LogP contribution in [0.2, 0.25) is 0 Å². The summed E-state index contributed by atoms with van der Waals surface area (Å²) in [4.78, 5) is 60.9. The van der Waals surface area contributed by atoms with Crippen molar-refractivity contribution in [3.63, 3.8) is 0 Å². The highest BCUT2D eigenvalue weighted by atomic mass is 16.7. The monoisotopic (exact) mass is 1050 g/mol. The number of hydrogen-bond donors (Lipinski definition) is 10. The number of esters is 1. The van der Waals surface area contributed by atoms with Crippen LogP contribution in [0, 0.1) is 23.7 Å². The molecule has 4 aliphatic rings. The predicted molar refractivity (Wildman–Crippen MR) is 253 cm³/mol. The molecule has 0 unspecified atom stereocenters. The average molecular weight is 1050 g/mol. The van der Waals surface area contributed by atoms with E-state index in [1.807, 2.05) is 6.92 Å². The minimum atomic E-state index is -2.27. The topological polar surface area (TPSA) is 365 Å². The predicted octanol–water partition coefficient (Wildman–Crippen LogP) is -0.943. The van der Waals surface area contributed by atoms with E-state index in [1.165, 1.54) is 20.1 Å². The molecule has 3 fully saturated rings. The normalized spacial score (nSPS) is 42.3. The molecule has 24 heteroatoms. The number of aliphatic carboxylic acids is 2. The molecule has 0 aliphatic carbocycles. The Morgan fingerprint density at radius 3 is 1.99 bits per heavy atom. The highest BCUT2D eigenvalue weighted by Gasteiger charge is 2.52. The molecular weight excluding hydrogens is 971 g/mol. The first-order valence-electron chi connectivity index (χ1n) is 24.6. The number of rotatable bonds is 15. The number of carbonyl (C=O) groups excluding carboxylic acids is 3. The lowest BCUT2D eigenvalue weighted by Crippen LogP contribution is -2.65. The second kappa shape index (κ2) is 28.6. The van der Waals surface area contributed by atoms with Crippen molar-refractivity contribution < 1.29 is 113 Å². The molecule has 24 nitrogen and oxygen atoms in total. The molecule has 0 saturated carbocycles. The van der Waals surface area contributed by atoms with Crippen molar-refractivity contribution in [1.82, 2.24) is 4.90 Å². The van der Waals surface area contributed by atoms with E-state index in [0.717, 1.165) is 0 Å². The molecule has 0 radical (unpaired) electrons. The van der Waals surface area contributed by atoms with E-state index in [2.05, 4.69) is 0 Å². The number of carbonyl (C=O) groups is 5. The number of ketones is 1. The molecule has 10 N–H and O–H groups in total. The van der Waals surface area contributed by atoms with Gasteiger partial charge in [0.25, 0.3) is 0 Å². The van der Waals surface area contributed by atoms with E-state index < -0.39 is 164 Å². The second-order valence-electron chi connectivity index (χ2n) is 20.1. The number of aliphatic hydroxyl groups excluding tert-OH is 7. The van der Waals surface area contributed by atoms with Gasteiger partial charge < -0.3 is 98.7 Å². The first kappa shape index (κ1) is 63.9. The van der Waals surface area contributed by atoms with Crippen LogP contribution >= 0.6 is 0 Å². The summed E-state index contributed by atoms with van der Waals surface area (Å²) < 4.78 is 48.3. The summed E-state index contributed by atoms with van der Waals surface area (Å²) in [7, 11) is 4.86. The number of aliphatic hydroxyl groups is 8. The molecule has 23 atom stereocenters. The van der Waals surface area contributed by atoms with Gasteiger partial charge in [0.1, 0.15) is 49.0 Å². The number of ether oxygens (including phenoxy) is 8. The standard InChI is InChI=1S/C45H75NO17.C4H6O6/c1-12-32-29(21-57-43-38(53)41(56-11)36(51)25(5)59-43)17-22(2)13-14-30(48)23(3)18-28(15-16-47)39(24(4)31(49)19-33(50)61-32)63-44-37(52)35(46(9)10)40(26(6)60-44)62-34-20-45(8,55)42(54)27(7)58-34;5-1(3(7)8)2(6)4(9)10/h13-14,16-17,23-29,31-32,34-44,49,51-55H,12,15,18-21H2,1-11H3;1-2,5-6H,(H,7,8)(H,9,10)/b14-13+,22-17+;/t23-,24+,25-,26-,27+,28+,29-,31-,32-,34+,35-,36-,37-,38-,39-,40-,41-,42+,43-,44+,45-;1-,2-/m11/s1. The quantitative estimate of drug-likeness (QED) is 0.0699. The Morgan fingerprint density at radius 1 is 0.849 bits per heavy atom. The van der Waals surface area contributed by atoms with Gasteiger partial charge in [0.05, 0.1) is 55.2 Å². The van der Waals surface area contributed by atoms with Crippen LogP contribution in [0.25, 0.3) is 0 Å². The van der Waals surface area contributed by atoms with Gasteiger partial charge in [-0.05, 0) is 73.5 Å². The smallest absolute Gasteiger partial charge is 0.335 e. The van der Waals surface area contributed by atoms with Gasteiger partial charge in [-0.15, -0.1) is 0 Å². The third-order valence-corrected chi connectivity index (χ3v) is 14.0. The first-order chi connectivity index (χ1) is 34.0. The summed E-state index contributed by atoms with van der Waals surface area (Å²) in [5.74, 6) is -7.26. The summed E-state index contributed by atoms with van der Waals surface area (Å²) in [5.41, 5.74) is -0.845. The summed E-state index contributed by atoms with van der Waals surface area (Å²) >= 11 is 0. The van der Waals surface area contributed by atoms with Crippen molar-refractivity contribution in [3.8, 4) is 0 Å². The molecule has 73 heavy (non-hydrogen) atoms. The van der Waals surface area contributed by atoms with Crippen LogP contribution in [0.3, 0.4) is 0 Å². The van der Waals surface area contributed by atoms with E-state index in [-0.39, 0.29) is 31.7 Å². The van der Waals surface area contributed by atoms with E-state index in [4.69, 9.17) is 58.3 Å². The Balaban J connectivity index is 0.00000126. The van der Waals surface area contributed by atoms with Gasteiger partial charge in [-0.25, -0.2) is 9.59 Å². The summed E-state index contributed by atoms with van der Waals surface area (Å²) in [6, 6.07) is -0.755. The van der Waals surface area contributed by atoms with Crippen molar-refractivity contribution in [2.75, 3.05) is 27.8 Å². The molecule has 0 amide bonds. The molecular formula is C49H81NO23. The SMILES string of the molecule is CC[C@H]1OC(=O)C[C@@H](O)[C@H](C)[C@@H](O[C@@H]2O[C@H](C)[C@@H](O[C@H]3C[C@@](C)(O)[C@@H](O)[C@H](C)O3)[C@H](N(C)C)[C@H]2O)[C@@H](CC=O)C[C@@H](C)C(=O)/C=C/C(C)=C/[C@@H]1CO[C@@H]1O[C@H](C)[C@@H](O)[C@@H](OC)[C@H]1O.O=C(O)[C@H](O)[C@@H](O)C(=O)O. The number of aldehydes is 1. The van der Waals surface area contributed by atoms with Crippen LogP contribution in [0.1, 0.15) is 87.5 Å². The lowest BCUT2D eigenvalue weighted by Gasteiger charge is -2.50. The molecule has 4 rings (SSSR count). The fourth-order valence-electron chi connectivity index (χ4n) is 9.55. The fourth-order valence-corrected chi connectivity index (χ4v) is 9.55. The molecule has 3 saturated heterocycles. The molecule has 0 bridgehead atoms. The third-order valence-electron chi connectivity index (χ3n) is 14.0. The lowest BCUT2D eigenvalue weighted by atomic mass is 9.79. The Morgan fingerprint density at radius 2 is 1.45 bits per heavy atom. The minimum absolute atomic E-state index is 0.0412. The largest absolute Gasteiger partial charge is 0.479 e. The molecule has 0 aromatic rings. The maximum atomic E-state index is 13.7. The van der Waals surface area contributed by atoms with E-state index >= 15 is 0 Å². The Bertz CT molecular complexity index is 1830. The van der Waals surface area contributed by atoms with Crippen molar-refractivity contribution in [1.29, 1.82) is 0 Å². The Labute approximate surface area is 425 Å². The van der Waals surface area contributed by atoms with Gasteiger partial charge in [-0.1, -0.05) is 38.5 Å². The van der Waals surface area contributed by atoms with Crippen LogP contribution in [0.4, 0.5) is 0 Å². The van der Waals surface area contributed by atoms with E-state index in [1.54, 1.807) is 72.7 Å². The zero-order valence-corrected chi connectivity index (χ0v) is 43.5. The zero-order chi connectivity index (χ0) is 55.4. The van der Waals surface area contributed by atoms with Gasteiger partial charge >= 0.3 is 17.9 Å². The van der Waals surface area contributed by atoms with Gasteiger partial charge in [-0.2, -0.15) is 0 Å². The number of carboxylic acids is 2. The maximum absolute atomic E-state index is 13.7. The highest BCUT2D eigenvalue weighted by molar-refractivity contribution is 5.91. The number of hydrogen-bond acceptors (Lipinski definition) is 22. The Hall–Kier alpha value is -3.41. The zero-order valence-electron chi connectivity index (χ0n) is 43.5. The molecule has 4 heterocycles. The minimum Gasteiger partial charge on any atom is -0.479 e. The van der Waals surface area contributed by atoms with Gasteiger partial charge in [0, 0.05) is 37.7 Å². The highest BCUT2D eigenvalue weighted by Crippen LogP contribution is 2.37. The maximum Gasteiger partial charge on any atom is 0.335 e. The fraction of sp³-hybridized carbons (Fsp3) is 0.816. The summed E-state index contributed by atoms with van der Waals surface area (Å²) in [6.07, 6.45) is -14.6. The van der Waals surface area contributed by atoms with Crippen LogP contribution in [-0.2, 0) is 61.9 Å². The van der Waals surface area contributed by atoms with Crippen molar-refractivity contribution in [2.24, 2.45) is 23.7 Å². The molecule has 0 aromatic heterocycles. The third kappa shape index (κ3) is 17.3. The summed E-state index contributed by atoms with van der Waals surface area (Å²) in [5, 5.41) is 98.9. The van der Waals surface area contributed by atoms with Crippen molar-refractivity contribution in [3.05, 3.63) is 23.8 Å². The van der Waals surface area contributed by atoms with Crippen molar-refractivity contribution in [2.45, 2.75) is 203 Å². The second-order valence-corrected chi connectivity index (χ2v) is 20.1. The van der Waals surface area contributed by atoms with Gasteiger partial charge in [0.2, 0.25) is 0 Å². The summed E-state index contributed by atoms with van der Waals surface area (Å²) in [6.45, 7) is 13.4. The van der Waals surface area contributed by atoms with Gasteiger partial charge in [0.15, 0.2) is 36.9 Å². The van der Waals surface area contributed by atoms with Crippen LogP contribution in [-0.4, -0.2) is 230 Å². The molecule has 420 valence electrons. The molecule has 4 aliphatic heterocycles. The van der Waals surface area contributed by atoms with Crippen LogP contribution in [0.15, 0.2) is 23.8 Å². The van der Waals surface area contributed by atoms with Crippen LogP contribution < -0.4 is 0 Å². The number of methoxy groups -OCH3 is 1. The van der Waals surface area contributed by atoms with Gasteiger partial charge in [-0.3, -0.25) is 9.59 Å². The molecule has 0 aromatic carbocycles. The number of nitrogens with zero attached hydrogens (tertiary/aromatic N) is 1. The number of carboxylic acid groups (broad SMARTS) is 2. The Kier molecular flexibility index (Phi) is 25.1. The number of likely N-dealkylation sites (N-methyl/N-ethyl adjacent to an activating group) is 1. The van der Waals surface area contributed by atoms with E-state index in [0.29, 0.717) is 18.3 Å². The molecule has 0 spiro atoms. The first-order valence-corrected chi connectivity index (χ1v) is 24.6. The van der Waals surface area contributed by atoms with Crippen LogP contribution in [0.5, 0.6) is 0 Å². The van der Waals surface area contributed by atoms with Crippen molar-refractivity contribution >= 4 is 30.0 Å².